The van der Waals surface area contributed by atoms with Gasteiger partial charge in [0.1, 0.15) is 13.2 Å². The minimum atomic E-state index is -0.791. The quantitative estimate of drug-likeness (QED) is 0.0262. The van der Waals surface area contributed by atoms with Gasteiger partial charge in [0.2, 0.25) is 0 Å². The van der Waals surface area contributed by atoms with Gasteiger partial charge in [0.05, 0.1) is 0 Å². The third-order valence-electron chi connectivity index (χ3n) is 11.8. The van der Waals surface area contributed by atoms with Gasteiger partial charge in [0.15, 0.2) is 6.10 Å². The van der Waals surface area contributed by atoms with Gasteiger partial charge in [-0.3, -0.25) is 14.4 Å². The van der Waals surface area contributed by atoms with Crippen LogP contribution in [-0.4, -0.2) is 37.2 Å². The van der Waals surface area contributed by atoms with Crippen molar-refractivity contribution in [2.45, 2.75) is 258 Å². The Morgan fingerprint density at radius 1 is 0.304 bits per heavy atom. The van der Waals surface area contributed by atoms with Crippen molar-refractivity contribution in [3.63, 3.8) is 0 Å². The highest BCUT2D eigenvalue weighted by Gasteiger charge is 2.19. The second kappa shape index (κ2) is 56.7. The van der Waals surface area contributed by atoms with Crippen LogP contribution in [0.2, 0.25) is 0 Å². The molecule has 0 bridgehead atoms. The van der Waals surface area contributed by atoms with Gasteiger partial charge in [-0.25, -0.2) is 0 Å². The van der Waals surface area contributed by atoms with Gasteiger partial charge in [0, 0.05) is 19.3 Å². The van der Waals surface area contributed by atoms with Crippen molar-refractivity contribution in [2.24, 2.45) is 0 Å². The molecule has 69 heavy (non-hydrogen) atoms. The fourth-order valence-corrected chi connectivity index (χ4v) is 7.50. The minimum Gasteiger partial charge on any atom is -0.462 e. The Morgan fingerprint density at radius 2 is 0.580 bits per heavy atom. The van der Waals surface area contributed by atoms with Gasteiger partial charge in [-0.15, -0.1) is 0 Å². The highest BCUT2D eigenvalue weighted by Crippen LogP contribution is 2.14. The fraction of sp³-hybridized carbons (Fsp3) is 0.667. The van der Waals surface area contributed by atoms with Crippen LogP contribution < -0.4 is 0 Å². The average molecular weight is 958 g/mol. The zero-order valence-corrected chi connectivity index (χ0v) is 44.8. The summed E-state index contributed by atoms with van der Waals surface area (Å²) >= 11 is 0. The van der Waals surface area contributed by atoms with E-state index in [-0.39, 0.29) is 31.1 Å². The van der Waals surface area contributed by atoms with E-state index in [4.69, 9.17) is 14.2 Å². The zero-order valence-electron chi connectivity index (χ0n) is 44.8. The van der Waals surface area contributed by atoms with Crippen LogP contribution in [-0.2, 0) is 28.6 Å². The molecule has 0 radical (unpaired) electrons. The van der Waals surface area contributed by atoms with Gasteiger partial charge < -0.3 is 14.2 Å². The lowest BCUT2D eigenvalue weighted by Crippen LogP contribution is -2.30. The molecule has 0 aromatic rings. The van der Waals surface area contributed by atoms with Crippen molar-refractivity contribution < 1.29 is 28.6 Å². The Morgan fingerprint density at radius 3 is 0.942 bits per heavy atom. The molecule has 0 aliphatic heterocycles. The standard InChI is InChI=1S/C63H104O6/c1-4-7-10-13-16-19-22-23-24-25-26-27-28-29-30-31-32-33-34-35-36-37-38-39-42-44-47-50-53-56-62(65)68-59-60(69-63(66)57-54-51-48-45-41-21-18-15-12-9-6-3)58-67-61(64)55-52-49-46-43-40-20-17-14-11-8-5-2/h7,10,15-16,18-19,23-24,26-27,29-30,32-33,35-36,38-39,60H,4-6,8-9,11-14,17,20-22,25,28,31,34,37,40-59H2,1-3H3/b10-7-,18-15-,19-16-,24-23-,27-26-,30-29-,33-32-,36-35-,39-38-. The number of hydrogen-bond donors (Lipinski definition) is 0. The Kier molecular flexibility index (Phi) is 53.4. The predicted octanol–water partition coefficient (Wildman–Crippen LogP) is 19.1. The number of hydrogen-bond acceptors (Lipinski definition) is 6. The molecule has 0 heterocycles. The van der Waals surface area contributed by atoms with Gasteiger partial charge >= 0.3 is 17.9 Å². The van der Waals surface area contributed by atoms with Crippen molar-refractivity contribution >= 4 is 17.9 Å². The zero-order chi connectivity index (χ0) is 50.0. The van der Waals surface area contributed by atoms with Crippen LogP contribution >= 0.6 is 0 Å². The first-order valence-corrected chi connectivity index (χ1v) is 28.4. The van der Waals surface area contributed by atoms with E-state index < -0.39 is 6.10 Å². The van der Waals surface area contributed by atoms with Gasteiger partial charge in [-0.1, -0.05) is 239 Å². The normalized spacial score (nSPS) is 12.9. The highest BCUT2D eigenvalue weighted by molar-refractivity contribution is 5.71. The molecule has 0 rings (SSSR count). The van der Waals surface area contributed by atoms with Crippen LogP contribution in [0.3, 0.4) is 0 Å². The van der Waals surface area contributed by atoms with Gasteiger partial charge in [0.25, 0.3) is 0 Å². The Hall–Kier alpha value is -3.93. The van der Waals surface area contributed by atoms with E-state index >= 15 is 0 Å². The molecule has 0 fully saturated rings. The molecule has 0 aliphatic rings. The smallest absolute Gasteiger partial charge is 0.306 e. The Labute approximate surface area is 425 Å². The molecule has 0 aromatic heterocycles. The molecular formula is C63H104O6. The van der Waals surface area contributed by atoms with Crippen LogP contribution in [0.5, 0.6) is 0 Å². The van der Waals surface area contributed by atoms with Crippen molar-refractivity contribution in [2.75, 3.05) is 13.2 Å². The van der Waals surface area contributed by atoms with Crippen LogP contribution in [0.15, 0.2) is 109 Å². The summed E-state index contributed by atoms with van der Waals surface area (Å²) in [6.45, 7) is 6.44. The molecule has 6 heteroatoms. The summed E-state index contributed by atoms with van der Waals surface area (Å²) < 4.78 is 16.8. The predicted molar refractivity (Wildman–Crippen MR) is 297 cm³/mol. The Bertz CT molecular complexity index is 1420. The maximum Gasteiger partial charge on any atom is 0.306 e. The van der Waals surface area contributed by atoms with Crippen molar-refractivity contribution in [1.29, 1.82) is 0 Å². The third-order valence-corrected chi connectivity index (χ3v) is 11.8. The number of ether oxygens (including phenoxy) is 3. The second-order valence-electron chi connectivity index (χ2n) is 18.5. The summed E-state index contributed by atoms with van der Waals surface area (Å²) in [5.41, 5.74) is 0. The highest BCUT2D eigenvalue weighted by atomic mass is 16.6. The first-order chi connectivity index (χ1) is 34.0. The van der Waals surface area contributed by atoms with Crippen molar-refractivity contribution in [3.05, 3.63) is 109 Å². The van der Waals surface area contributed by atoms with E-state index in [2.05, 4.69) is 130 Å². The molecule has 0 amide bonds. The van der Waals surface area contributed by atoms with Crippen LogP contribution in [0.4, 0.5) is 0 Å². The maximum absolute atomic E-state index is 12.8. The summed E-state index contributed by atoms with van der Waals surface area (Å²) in [5.74, 6) is -0.928. The molecule has 0 saturated heterocycles. The number of carbonyl (C=O) groups is 3. The molecule has 6 nitrogen and oxygen atoms in total. The summed E-state index contributed by atoms with van der Waals surface area (Å²) in [7, 11) is 0. The van der Waals surface area contributed by atoms with E-state index in [9.17, 15) is 14.4 Å². The number of esters is 3. The lowest BCUT2D eigenvalue weighted by Gasteiger charge is -2.18. The van der Waals surface area contributed by atoms with E-state index in [0.717, 1.165) is 135 Å². The van der Waals surface area contributed by atoms with Gasteiger partial charge in [-0.05, 0) is 103 Å². The minimum absolute atomic E-state index is 0.0888. The average Bonchev–Trinajstić information content (AvgIpc) is 3.35. The van der Waals surface area contributed by atoms with E-state index in [1.165, 1.54) is 77.0 Å². The molecule has 0 aromatic carbocycles. The number of rotatable bonds is 50. The van der Waals surface area contributed by atoms with Crippen LogP contribution in [0, 0.1) is 0 Å². The largest absolute Gasteiger partial charge is 0.462 e. The number of allylic oxidation sites excluding steroid dienone is 18. The third kappa shape index (κ3) is 54.9. The first-order valence-electron chi connectivity index (χ1n) is 28.4. The van der Waals surface area contributed by atoms with Gasteiger partial charge in [-0.2, -0.15) is 0 Å². The Balaban J connectivity index is 4.29. The molecule has 0 spiro atoms. The number of carbonyl (C=O) groups excluding carboxylic acids is 3. The molecular weight excluding hydrogens is 853 g/mol. The first kappa shape index (κ1) is 65.1. The SMILES string of the molecule is CC/C=C\C/C=C\C/C=C\C/C=C\C/C=C\C/C=C\C/C=C\C/C=C\CCCCCCC(=O)OCC(COC(=O)CCCCCCCCCCCCC)OC(=O)CCCCCCC/C=C\CCCC. The van der Waals surface area contributed by atoms with Crippen molar-refractivity contribution in [3.8, 4) is 0 Å². The van der Waals surface area contributed by atoms with E-state index in [1.54, 1.807) is 0 Å². The fourth-order valence-electron chi connectivity index (χ4n) is 7.50. The molecule has 1 unspecified atom stereocenters. The van der Waals surface area contributed by atoms with E-state index in [1.807, 2.05) is 0 Å². The summed E-state index contributed by atoms with van der Waals surface area (Å²) in [6, 6.07) is 0. The van der Waals surface area contributed by atoms with Crippen molar-refractivity contribution in [1.82, 2.24) is 0 Å². The summed E-state index contributed by atoms with van der Waals surface area (Å²) in [6.07, 6.45) is 76.6. The lowest BCUT2D eigenvalue weighted by molar-refractivity contribution is -0.167. The van der Waals surface area contributed by atoms with Crippen LogP contribution in [0.25, 0.3) is 0 Å². The molecule has 0 N–H and O–H groups in total. The molecule has 0 saturated carbocycles. The molecule has 1 atom stereocenters. The van der Waals surface area contributed by atoms with Crippen LogP contribution in [0.1, 0.15) is 252 Å². The molecule has 0 aliphatic carbocycles. The number of unbranched alkanes of at least 4 members (excludes halogenated alkanes) is 21. The maximum atomic E-state index is 12.8. The second-order valence-corrected chi connectivity index (χ2v) is 18.5. The topological polar surface area (TPSA) is 78.9 Å². The summed E-state index contributed by atoms with van der Waals surface area (Å²) in [4.78, 5) is 38.0. The monoisotopic (exact) mass is 957 g/mol. The lowest BCUT2D eigenvalue weighted by atomic mass is 10.1. The molecule has 392 valence electrons. The van der Waals surface area contributed by atoms with E-state index in [0.29, 0.717) is 19.3 Å². The summed E-state index contributed by atoms with van der Waals surface area (Å²) in [5, 5.41) is 0.